The minimum absolute atomic E-state index is 0.0787. The molecule has 1 aliphatic heterocycles. The van der Waals surface area contributed by atoms with E-state index < -0.39 is 0 Å². The first-order valence-electron chi connectivity index (χ1n) is 4.55. The molecule has 1 aromatic rings. The van der Waals surface area contributed by atoms with Crippen LogP contribution < -0.4 is 14.8 Å². The summed E-state index contributed by atoms with van der Waals surface area (Å²) in [7, 11) is 0. The molecule has 0 saturated heterocycles. The summed E-state index contributed by atoms with van der Waals surface area (Å²) in [6, 6.07) is 5.18. The van der Waals surface area contributed by atoms with Gasteiger partial charge in [0.05, 0.1) is 0 Å². The first kappa shape index (κ1) is 10.5. The van der Waals surface area contributed by atoms with Crippen LogP contribution in [0.4, 0.5) is 0 Å². The maximum atomic E-state index is 11.6. The summed E-state index contributed by atoms with van der Waals surface area (Å²) in [5.74, 6) is 1.25. The van der Waals surface area contributed by atoms with Gasteiger partial charge in [0.15, 0.2) is 11.5 Å². The van der Waals surface area contributed by atoms with Gasteiger partial charge in [0.2, 0.25) is 6.79 Å². The fraction of sp³-hybridized carbons (Fsp3) is 0.300. The normalized spacial score (nSPS) is 12.6. The Labute approximate surface area is 101 Å². The van der Waals surface area contributed by atoms with Gasteiger partial charge in [0.1, 0.15) is 0 Å². The molecule has 0 fully saturated rings. The van der Waals surface area contributed by atoms with Crippen molar-refractivity contribution in [1.29, 1.82) is 0 Å². The molecule has 1 heterocycles. The molecular weight excluding hydrogens is 309 g/mol. The Morgan fingerprint density at radius 2 is 2.20 bits per heavy atom. The van der Waals surface area contributed by atoms with Gasteiger partial charge in [-0.05, 0) is 18.2 Å². The number of halogens is 1. The second-order valence-corrected chi connectivity index (χ2v) is 4.09. The molecule has 5 heteroatoms. The van der Waals surface area contributed by atoms with Gasteiger partial charge < -0.3 is 14.8 Å². The van der Waals surface area contributed by atoms with E-state index in [0.717, 1.165) is 4.43 Å². The topological polar surface area (TPSA) is 47.6 Å². The highest BCUT2D eigenvalue weighted by Crippen LogP contribution is 2.32. The quantitative estimate of drug-likeness (QED) is 0.680. The highest BCUT2D eigenvalue weighted by molar-refractivity contribution is 14.1. The van der Waals surface area contributed by atoms with E-state index in [1.165, 1.54) is 0 Å². The third-order valence-electron chi connectivity index (χ3n) is 2.01. The van der Waals surface area contributed by atoms with Crippen LogP contribution in [0.2, 0.25) is 0 Å². The van der Waals surface area contributed by atoms with E-state index in [-0.39, 0.29) is 12.7 Å². The Kier molecular flexibility index (Phi) is 3.30. The Morgan fingerprint density at radius 3 is 3.00 bits per heavy atom. The molecule has 0 aromatic heterocycles. The monoisotopic (exact) mass is 319 g/mol. The second kappa shape index (κ2) is 4.69. The number of hydrogen-bond donors (Lipinski definition) is 1. The number of nitrogens with one attached hydrogen (secondary N) is 1. The summed E-state index contributed by atoms with van der Waals surface area (Å²) >= 11 is 2.21. The number of benzene rings is 1. The van der Waals surface area contributed by atoms with E-state index in [4.69, 9.17) is 9.47 Å². The molecule has 1 N–H and O–H groups in total. The summed E-state index contributed by atoms with van der Waals surface area (Å²) in [5.41, 5.74) is 0.601. The molecule has 80 valence electrons. The lowest BCUT2D eigenvalue weighted by atomic mass is 10.2. The van der Waals surface area contributed by atoms with Crippen LogP contribution in [0.25, 0.3) is 0 Å². The van der Waals surface area contributed by atoms with Crippen LogP contribution >= 0.6 is 22.6 Å². The van der Waals surface area contributed by atoms with Crippen LogP contribution in [0.15, 0.2) is 18.2 Å². The van der Waals surface area contributed by atoms with Crippen molar-refractivity contribution >= 4 is 28.5 Å². The Hall–Kier alpha value is -0.980. The lowest BCUT2D eigenvalue weighted by molar-refractivity contribution is 0.0956. The zero-order valence-corrected chi connectivity index (χ0v) is 10.1. The van der Waals surface area contributed by atoms with Crippen molar-refractivity contribution in [2.45, 2.75) is 0 Å². The fourth-order valence-corrected chi connectivity index (χ4v) is 1.57. The number of hydrogen-bond acceptors (Lipinski definition) is 3. The van der Waals surface area contributed by atoms with Crippen LogP contribution in [0.1, 0.15) is 10.4 Å². The highest BCUT2D eigenvalue weighted by Gasteiger charge is 2.15. The zero-order chi connectivity index (χ0) is 10.7. The SMILES string of the molecule is O=C(NCCI)c1ccc2c(c1)OCO2. The van der Waals surface area contributed by atoms with Crippen molar-refractivity contribution < 1.29 is 14.3 Å². The maximum Gasteiger partial charge on any atom is 0.251 e. The zero-order valence-electron chi connectivity index (χ0n) is 7.96. The molecule has 1 aromatic carbocycles. The van der Waals surface area contributed by atoms with Crippen molar-refractivity contribution in [3.05, 3.63) is 23.8 Å². The second-order valence-electron chi connectivity index (χ2n) is 3.01. The summed E-state index contributed by atoms with van der Waals surface area (Å²) in [6.07, 6.45) is 0. The summed E-state index contributed by atoms with van der Waals surface area (Å²) in [5, 5.41) is 2.80. The van der Waals surface area contributed by atoms with Crippen molar-refractivity contribution in [3.63, 3.8) is 0 Å². The molecule has 1 aliphatic rings. The van der Waals surface area contributed by atoms with Crippen molar-refractivity contribution in [2.75, 3.05) is 17.8 Å². The Morgan fingerprint density at radius 1 is 1.40 bits per heavy atom. The molecule has 4 nitrogen and oxygen atoms in total. The molecule has 0 bridgehead atoms. The number of fused-ring (bicyclic) bond motifs is 1. The third kappa shape index (κ3) is 2.34. The van der Waals surface area contributed by atoms with E-state index in [1.807, 2.05) is 0 Å². The summed E-state index contributed by atoms with van der Waals surface area (Å²) in [4.78, 5) is 11.6. The molecule has 0 radical (unpaired) electrons. The number of ether oxygens (including phenoxy) is 2. The molecule has 0 unspecified atom stereocenters. The van der Waals surface area contributed by atoms with E-state index in [0.29, 0.717) is 23.6 Å². The van der Waals surface area contributed by atoms with E-state index >= 15 is 0 Å². The Bertz CT molecular complexity index is 381. The van der Waals surface area contributed by atoms with Gasteiger partial charge in [-0.15, -0.1) is 0 Å². The minimum Gasteiger partial charge on any atom is -0.454 e. The highest BCUT2D eigenvalue weighted by atomic mass is 127. The standard InChI is InChI=1S/C10H10INO3/c11-3-4-12-10(13)7-1-2-8-9(5-7)15-6-14-8/h1-2,5H,3-4,6H2,(H,12,13). The van der Waals surface area contributed by atoms with Crippen LogP contribution in [-0.4, -0.2) is 23.7 Å². The number of alkyl halides is 1. The predicted octanol–water partition coefficient (Wildman–Crippen LogP) is 1.58. The first-order chi connectivity index (χ1) is 7.31. The summed E-state index contributed by atoms with van der Waals surface area (Å²) in [6.45, 7) is 0.905. The fourth-order valence-electron chi connectivity index (χ4n) is 1.30. The molecule has 15 heavy (non-hydrogen) atoms. The molecule has 0 spiro atoms. The largest absolute Gasteiger partial charge is 0.454 e. The average molecular weight is 319 g/mol. The van der Waals surface area contributed by atoms with Crippen LogP contribution in [0, 0.1) is 0 Å². The number of amides is 1. The minimum atomic E-state index is -0.0787. The molecular formula is C10H10INO3. The summed E-state index contributed by atoms with van der Waals surface area (Å²) < 4.78 is 11.2. The number of rotatable bonds is 3. The van der Waals surface area contributed by atoms with Gasteiger partial charge >= 0.3 is 0 Å². The average Bonchev–Trinajstić information content (AvgIpc) is 2.72. The molecule has 1 amide bonds. The lowest BCUT2D eigenvalue weighted by Gasteiger charge is -2.03. The van der Waals surface area contributed by atoms with Gasteiger partial charge in [-0.1, -0.05) is 22.6 Å². The number of carbonyl (C=O) groups is 1. The van der Waals surface area contributed by atoms with Crippen LogP contribution in [0.5, 0.6) is 11.5 Å². The van der Waals surface area contributed by atoms with Gasteiger partial charge in [-0.25, -0.2) is 0 Å². The molecule has 0 aliphatic carbocycles. The van der Waals surface area contributed by atoms with Crippen molar-refractivity contribution in [2.24, 2.45) is 0 Å². The lowest BCUT2D eigenvalue weighted by Crippen LogP contribution is -2.24. The molecule has 2 rings (SSSR count). The maximum absolute atomic E-state index is 11.6. The van der Waals surface area contributed by atoms with Gasteiger partial charge in [-0.2, -0.15) is 0 Å². The van der Waals surface area contributed by atoms with Crippen LogP contribution in [0.3, 0.4) is 0 Å². The predicted molar refractivity (Wildman–Crippen MR) is 63.8 cm³/mol. The van der Waals surface area contributed by atoms with Gasteiger partial charge in [0.25, 0.3) is 5.91 Å². The number of carbonyl (C=O) groups excluding carboxylic acids is 1. The smallest absolute Gasteiger partial charge is 0.251 e. The van der Waals surface area contributed by atoms with Crippen molar-refractivity contribution in [3.8, 4) is 11.5 Å². The van der Waals surface area contributed by atoms with E-state index in [2.05, 4.69) is 27.9 Å². The third-order valence-corrected chi connectivity index (χ3v) is 2.55. The van der Waals surface area contributed by atoms with Gasteiger partial charge in [0, 0.05) is 16.5 Å². The molecule has 0 atom stereocenters. The van der Waals surface area contributed by atoms with Crippen molar-refractivity contribution in [1.82, 2.24) is 5.32 Å². The van der Waals surface area contributed by atoms with Crippen LogP contribution in [-0.2, 0) is 0 Å². The first-order valence-corrected chi connectivity index (χ1v) is 6.07. The van der Waals surface area contributed by atoms with E-state index in [1.54, 1.807) is 18.2 Å². The van der Waals surface area contributed by atoms with E-state index in [9.17, 15) is 4.79 Å². The Balaban J connectivity index is 2.12. The van der Waals surface area contributed by atoms with Gasteiger partial charge in [-0.3, -0.25) is 4.79 Å². The molecule has 0 saturated carbocycles.